The molecule has 1 heterocycles. The van der Waals surface area contributed by atoms with Crippen molar-refractivity contribution in [1.29, 1.82) is 0 Å². The predicted octanol–water partition coefficient (Wildman–Crippen LogP) is -3.21. The van der Waals surface area contributed by atoms with E-state index in [4.69, 9.17) is 16.2 Å². The van der Waals surface area contributed by atoms with E-state index >= 15 is 0 Å². The van der Waals surface area contributed by atoms with Crippen LogP contribution >= 0.6 is 33.3 Å². The van der Waals surface area contributed by atoms with Gasteiger partial charge in [0, 0.05) is 63.3 Å². The third kappa shape index (κ3) is 28.9. The van der Waals surface area contributed by atoms with Gasteiger partial charge in [-0.15, -0.1) is 0 Å². The summed E-state index contributed by atoms with van der Waals surface area (Å²) in [5.41, 5.74) is 11.6. The number of nitrogens with one attached hydrogen (secondary N) is 11. The highest BCUT2D eigenvalue weighted by molar-refractivity contribution is 8.76. The van der Waals surface area contributed by atoms with Crippen molar-refractivity contribution >= 4 is 110 Å². The normalized spacial score (nSPS) is 18.6. The van der Waals surface area contributed by atoms with Crippen LogP contribution in [0.1, 0.15) is 84.6 Å². The Balaban J connectivity index is 2.59. The Bertz CT molecular complexity index is 2300. The van der Waals surface area contributed by atoms with Gasteiger partial charge in [0.05, 0.1) is 19.6 Å². The van der Waals surface area contributed by atoms with E-state index in [1.165, 1.54) is 18.7 Å². The number of guanidine groups is 1. The molecule has 31 heteroatoms. The van der Waals surface area contributed by atoms with E-state index in [9.17, 15) is 62.6 Å². The summed E-state index contributed by atoms with van der Waals surface area (Å²) in [7, 11) is 1.86. The van der Waals surface area contributed by atoms with Crippen molar-refractivity contribution in [2.24, 2.45) is 16.5 Å². The molecule has 0 spiro atoms. The first-order valence-corrected chi connectivity index (χ1v) is 30.3. The molecule has 0 saturated carbocycles. The van der Waals surface area contributed by atoms with Gasteiger partial charge in [-0.25, -0.2) is 0 Å². The second-order valence-corrected chi connectivity index (χ2v) is 21.8. The molecule has 0 aliphatic carbocycles. The lowest BCUT2D eigenvalue weighted by molar-refractivity contribution is -0.141. The van der Waals surface area contributed by atoms with Crippen LogP contribution in [0, 0.1) is 0 Å². The zero-order valence-corrected chi connectivity index (χ0v) is 48.8. The summed E-state index contributed by atoms with van der Waals surface area (Å²) < 4.78 is 5.31. The number of carboxylic acid groups (broad SMARTS) is 1. The maximum Gasteiger partial charge on any atom is 0.305 e. The molecule has 81 heavy (non-hydrogen) atoms. The van der Waals surface area contributed by atoms with E-state index in [2.05, 4.69) is 63.5 Å². The van der Waals surface area contributed by atoms with Crippen LogP contribution < -0.4 is 70.0 Å². The maximum absolute atomic E-state index is 14.5. The van der Waals surface area contributed by atoms with Crippen molar-refractivity contribution in [3.05, 3.63) is 35.9 Å². The molecule has 28 nitrogen and oxygen atoms in total. The number of hydrogen-bond donors (Lipinski definition) is 14. The number of carboxylic acids is 1. The lowest BCUT2D eigenvalue weighted by Gasteiger charge is -2.26. The summed E-state index contributed by atoms with van der Waals surface area (Å²) in [6.45, 7) is 6.58. The van der Waals surface area contributed by atoms with Crippen molar-refractivity contribution < 1.29 is 67.4 Å². The number of nitrogens with two attached hydrogens (primary N) is 2. The van der Waals surface area contributed by atoms with Crippen LogP contribution in [0.15, 0.2) is 35.3 Å². The number of rotatable bonds is 31. The largest absolute Gasteiger partial charge is 0.481 e. The predicted molar refractivity (Wildman–Crippen MR) is 307 cm³/mol. The molecule has 11 amide bonds. The minimum absolute atomic E-state index is 0.00243. The maximum atomic E-state index is 14.5. The van der Waals surface area contributed by atoms with Gasteiger partial charge in [0.15, 0.2) is 5.96 Å². The number of ether oxygens (including phenoxy) is 1. The fraction of sp³-hybridized carbons (Fsp3) is 0.620. The van der Waals surface area contributed by atoms with E-state index in [0.29, 0.717) is 31.4 Å². The summed E-state index contributed by atoms with van der Waals surface area (Å²) >= 11 is 1.28. The molecular formula is C50H80N14O14S3. The summed E-state index contributed by atoms with van der Waals surface area (Å²) in [4.78, 5) is 164. The lowest BCUT2D eigenvalue weighted by atomic mass is 10.0. The zero-order valence-electron chi connectivity index (χ0n) is 46.3. The molecule has 1 aliphatic heterocycles. The fourth-order valence-electron chi connectivity index (χ4n) is 7.55. The molecule has 1 fully saturated rings. The number of amides is 11. The van der Waals surface area contributed by atoms with Crippen LogP contribution in [-0.4, -0.2) is 193 Å². The Morgan fingerprint density at radius 2 is 1.46 bits per heavy atom. The second kappa shape index (κ2) is 39.5. The van der Waals surface area contributed by atoms with E-state index in [1.54, 1.807) is 57.4 Å². The third-order valence-corrected chi connectivity index (χ3v) is 14.9. The Kier molecular flexibility index (Phi) is 34.3. The van der Waals surface area contributed by atoms with Crippen molar-refractivity contribution in [2.75, 3.05) is 62.9 Å². The average molecular weight is 1200 g/mol. The van der Waals surface area contributed by atoms with E-state index in [-0.39, 0.29) is 87.5 Å². The molecule has 1 aromatic rings. The SMILES string of the molecule is CCOCCNC(=O)[C@H](CSC)NC(=O)[C@H](Cc1ccccc1)NC(=O)[C@@H]1CSSC[C@H](NC(=O)[C@H](CCCCNC(=O)C(CC)NC(C)=O)NC(=O)CC)C(=O)N[C@@H](CCCN=C(N)N)C(=O)NCC(=O)N[C@@H](CC(=O)O)C(=O)N1. The first-order chi connectivity index (χ1) is 38.6. The number of carbonyl (C=O) groups is 12. The molecule has 1 aromatic carbocycles. The number of benzene rings is 1. The Morgan fingerprint density at radius 3 is 2.10 bits per heavy atom. The van der Waals surface area contributed by atoms with Crippen LogP contribution in [-0.2, 0) is 68.7 Å². The van der Waals surface area contributed by atoms with Crippen LogP contribution in [0.25, 0.3) is 0 Å². The minimum Gasteiger partial charge on any atom is -0.481 e. The van der Waals surface area contributed by atoms with Crippen molar-refractivity contribution in [2.45, 2.75) is 134 Å². The van der Waals surface area contributed by atoms with Gasteiger partial charge < -0.3 is 79.8 Å². The number of carbonyl (C=O) groups excluding carboxylic acids is 11. The summed E-state index contributed by atoms with van der Waals surface area (Å²) in [6, 6.07) is -2.00. The highest BCUT2D eigenvalue weighted by atomic mass is 33.1. The number of unbranched alkanes of at least 4 members (excludes halogenated alkanes) is 1. The summed E-state index contributed by atoms with van der Waals surface area (Å²) in [5.74, 6) is -10.4. The zero-order chi connectivity index (χ0) is 60.3. The number of aliphatic imine (C=N–C) groups is 1. The summed E-state index contributed by atoms with van der Waals surface area (Å²) in [5, 5.41) is 38.2. The van der Waals surface area contributed by atoms with Gasteiger partial charge in [-0.05, 0) is 57.3 Å². The van der Waals surface area contributed by atoms with Gasteiger partial charge in [-0.1, -0.05) is 65.8 Å². The molecule has 1 unspecified atom stereocenters. The van der Waals surface area contributed by atoms with E-state index in [0.717, 1.165) is 21.6 Å². The Labute approximate surface area is 483 Å². The fourth-order valence-corrected chi connectivity index (χ4v) is 10.4. The van der Waals surface area contributed by atoms with Gasteiger partial charge in [0.2, 0.25) is 65.0 Å². The monoisotopic (exact) mass is 1200 g/mol. The Hall–Kier alpha value is -6.86. The molecule has 2 rings (SSSR count). The number of nitrogens with zero attached hydrogens (tertiary/aromatic N) is 1. The van der Waals surface area contributed by atoms with Gasteiger partial charge in [0.1, 0.15) is 48.3 Å². The first kappa shape index (κ1) is 70.2. The lowest BCUT2D eigenvalue weighted by Crippen LogP contribution is -2.60. The van der Waals surface area contributed by atoms with Crippen LogP contribution in [0.2, 0.25) is 0 Å². The van der Waals surface area contributed by atoms with E-state index in [1.807, 2.05) is 0 Å². The molecule has 1 aliphatic rings. The first-order valence-electron chi connectivity index (χ1n) is 26.5. The van der Waals surface area contributed by atoms with Crippen LogP contribution in [0.5, 0.6) is 0 Å². The van der Waals surface area contributed by atoms with Crippen molar-refractivity contribution in [1.82, 2.24) is 58.5 Å². The van der Waals surface area contributed by atoms with Crippen LogP contribution in [0.3, 0.4) is 0 Å². The second-order valence-electron chi connectivity index (χ2n) is 18.3. The van der Waals surface area contributed by atoms with E-state index < -0.39 is 126 Å². The quantitative estimate of drug-likeness (QED) is 0.0151. The molecule has 0 radical (unpaired) electrons. The van der Waals surface area contributed by atoms with Crippen molar-refractivity contribution in [3.63, 3.8) is 0 Å². The van der Waals surface area contributed by atoms with Gasteiger partial charge in [0.25, 0.3) is 0 Å². The summed E-state index contributed by atoms with van der Waals surface area (Å²) in [6.07, 6.45) is 1.74. The molecule has 0 aromatic heterocycles. The number of thioether (sulfide) groups is 1. The molecule has 452 valence electrons. The highest BCUT2D eigenvalue weighted by Gasteiger charge is 2.35. The molecule has 16 N–H and O–H groups in total. The molecule has 0 bridgehead atoms. The topological polar surface area (TPSA) is 431 Å². The number of hydrogen-bond acceptors (Lipinski definition) is 17. The smallest absolute Gasteiger partial charge is 0.305 e. The average Bonchev–Trinajstić information content (AvgIpc) is 3.43. The standard InChI is InChI=1S/C50H80N14O14S3/c1-6-31(57-29(4)65)42(70)53-19-13-12-17-33(58-39(66)7-2)45(73)63-37-27-80-81-28-38(49(77)61-34(23-30-15-10-9-11-16-30)46(74)62-36(26-79-5)44(72)54-21-22-78-8-3)64-47(75)35(24-41(68)69)59-40(67)25-56-43(71)32(60-48(37)76)18-14-20-55-50(51)52/h9-11,15-16,31-38H,6-8,12-14,17-28H2,1-5H3,(H,53,70)(H,54,72)(H,56,71)(H,57,65)(H,58,66)(H,59,67)(H,60,76)(H,61,77)(H,62,74)(H,63,73)(H,64,75)(H,68,69)(H4,51,52,55)/t31?,32-,33-,34-,35-,36-,37-,38-/m0/s1. The number of aliphatic carboxylic acids is 1. The highest BCUT2D eigenvalue weighted by Crippen LogP contribution is 2.24. The minimum atomic E-state index is -1.80. The van der Waals surface area contributed by atoms with Crippen molar-refractivity contribution in [3.8, 4) is 0 Å². The molecular weight excluding hydrogens is 1120 g/mol. The van der Waals surface area contributed by atoms with Gasteiger partial charge in [-0.3, -0.25) is 62.5 Å². The third-order valence-electron chi connectivity index (χ3n) is 11.8. The van der Waals surface area contributed by atoms with Crippen LogP contribution in [0.4, 0.5) is 0 Å². The van der Waals surface area contributed by atoms with Gasteiger partial charge >= 0.3 is 5.97 Å². The Morgan fingerprint density at radius 1 is 0.765 bits per heavy atom. The molecule has 8 atom stereocenters. The molecule has 1 saturated heterocycles. The van der Waals surface area contributed by atoms with Gasteiger partial charge in [-0.2, -0.15) is 11.8 Å².